The van der Waals surface area contributed by atoms with Gasteiger partial charge in [0.2, 0.25) is 5.91 Å². The monoisotopic (exact) mass is 369 g/mol. The van der Waals surface area contributed by atoms with Crippen LogP contribution in [0.3, 0.4) is 0 Å². The molecule has 1 N–H and O–H groups in total. The van der Waals surface area contributed by atoms with Crippen LogP contribution in [0.5, 0.6) is 0 Å². The number of nitrogens with one attached hydrogen (secondary N) is 1. The molecule has 0 spiro atoms. The number of piperazine rings is 1. The highest BCUT2D eigenvalue weighted by molar-refractivity contribution is 5.96. The number of aryl methyl sites for hydroxylation is 1. The fourth-order valence-electron chi connectivity index (χ4n) is 3.06. The third kappa shape index (κ3) is 5.37. The molecule has 2 aromatic carbocycles. The number of nitrogens with zero attached hydrogens (tertiary/aromatic N) is 2. The molecule has 6 heteroatoms. The summed E-state index contributed by atoms with van der Waals surface area (Å²) in [5.74, 6) is -0.419. The van der Waals surface area contributed by atoms with E-state index in [0.29, 0.717) is 17.7 Å². The normalized spacial score (nSPS) is 14.8. The second-order valence-electron chi connectivity index (χ2n) is 6.85. The third-order valence-corrected chi connectivity index (χ3v) is 4.74. The summed E-state index contributed by atoms with van der Waals surface area (Å²) in [7, 11) is 2.05. The Hall–Kier alpha value is -2.73. The molecule has 0 aromatic heterocycles. The van der Waals surface area contributed by atoms with Crippen LogP contribution in [0.25, 0.3) is 0 Å². The molecule has 2 aromatic rings. The number of benzene rings is 2. The van der Waals surface area contributed by atoms with Crippen molar-refractivity contribution in [2.45, 2.75) is 12.8 Å². The van der Waals surface area contributed by atoms with E-state index in [-0.39, 0.29) is 24.1 Å². The van der Waals surface area contributed by atoms with Gasteiger partial charge in [-0.3, -0.25) is 9.59 Å². The molecule has 0 saturated carbocycles. The minimum Gasteiger partial charge on any atom is -0.336 e. The molecule has 1 heterocycles. The first kappa shape index (κ1) is 19.0. The molecule has 0 atom stereocenters. The van der Waals surface area contributed by atoms with Crippen LogP contribution >= 0.6 is 0 Å². The molecule has 1 aliphatic heterocycles. The zero-order chi connectivity index (χ0) is 19.2. The first-order chi connectivity index (χ1) is 13.0. The smallest absolute Gasteiger partial charge is 0.253 e. The standard InChI is InChI=1S/C21H24FN3O2/c1-24-11-13-25(14-12-24)21(27)17-6-8-19(9-7-17)23-20(26)10-5-16-3-2-4-18(22)15-16/h2-4,6-9,15H,5,10-14H2,1H3,(H,23,26). The van der Waals surface area contributed by atoms with Crippen LogP contribution in [0.1, 0.15) is 22.3 Å². The summed E-state index contributed by atoms with van der Waals surface area (Å²) in [4.78, 5) is 28.7. The number of anilines is 1. The fraction of sp³-hybridized carbons (Fsp3) is 0.333. The molecular formula is C21H24FN3O2. The van der Waals surface area contributed by atoms with Crippen molar-refractivity contribution < 1.29 is 14.0 Å². The van der Waals surface area contributed by atoms with E-state index in [1.54, 1.807) is 36.4 Å². The predicted molar refractivity (Wildman–Crippen MR) is 103 cm³/mol. The molecular weight excluding hydrogens is 345 g/mol. The van der Waals surface area contributed by atoms with Gasteiger partial charge in [0.1, 0.15) is 5.82 Å². The molecule has 0 unspecified atom stereocenters. The Kier molecular flexibility index (Phi) is 6.19. The van der Waals surface area contributed by atoms with Crippen molar-refractivity contribution >= 4 is 17.5 Å². The highest BCUT2D eigenvalue weighted by Gasteiger charge is 2.20. The van der Waals surface area contributed by atoms with Gasteiger partial charge in [-0.2, -0.15) is 0 Å². The van der Waals surface area contributed by atoms with Crippen LogP contribution in [0.2, 0.25) is 0 Å². The molecule has 5 nitrogen and oxygen atoms in total. The zero-order valence-electron chi connectivity index (χ0n) is 15.5. The Morgan fingerprint density at radius 3 is 2.41 bits per heavy atom. The molecule has 0 bridgehead atoms. The summed E-state index contributed by atoms with van der Waals surface area (Å²) in [6, 6.07) is 13.2. The van der Waals surface area contributed by atoms with Crippen LogP contribution in [-0.4, -0.2) is 54.8 Å². The Labute approximate surface area is 158 Å². The molecule has 142 valence electrons. The number of likely N-dealkylation sites (N-methyl/N-ethyl adjacent to an activating group) is 1. The summed E-state index contributed by atoms with van der Waals surface area (Å²) >= 11 is 0. The van der Waals surface area contributed by atoms with Gasteiger partial charge in [-0.15, -0.1) is 0 Å². The van der Waals surface area contributed by atoms with Crippen molar-refractivity contribution in [2.24, 2.45) is 0 Å². The highest BCUT2D eigenvalue weighted by atomic mass is 19.1. The Morgan fingerprint density at radius 2 is 1.74 bits per heavy atom. The van der Waals surface area contributed by atoms with Crippen LogP contribution in [0.15, 0.2) is 48.5 Å². The van der Waals surface area contributed by atoms with Crippen LogP contribution in [0, 0.1) is 5.82 Å². The van der Waals surface area contributed by atoms with Gasteiger partial charge in [0.15, 0.2) is 0 Å². The van der Waals surface area contributed by atoms with Gasteiger partial charge in [0, 0.05) is 43.9 Å². The lowest BCUT2D eigenvalue weighted by Crippen LogP contribution is -2.47. The van der Waals surface area contributed by atoms with E-state index in [4.69, 9.17) is 0 Å². The van der Waals surface area contributed by atoms with Crippen molar-refractivity contribution in [3.8, 4) is 0 Å². The molecule has 1 aliphatic rings. The van der Waals surface area contributed by atoms with Gasteiger partial charge in [0.05, 0.1) is 0 Å². The zero-order valence-corrected chi connectivity index (χ0v) is 15.5. The molecule has 3 rings (SSSR count). The topological polar surface area (TPSA) is 52.6 Å². The molecule has 2 amide bonds. The largest absolute Gasteiger partial charge is 0.336 e. The Bertz CT molecular complexity index is 799. The van der Waals surface area contributed by atoms with E-state index in [1.807, 2.05) is 11.9 Å². The van der Waals surface area contributed by atoms with E-state index < -0.39 is 0 Å². The van der Waals surface area contributed by atoms with Gasteiger partial charge in [-0.25, -0.2) is 4.39 Å². The van der Waals surface area contributed by atoms with Crippen molar-refractivity contribution in [2.75, 3.05) is 38.5 Å². The number of amides is 2. The maximum absolute atomic E-state index is 13.2. The quantitative estimate of drug-likeness (QED) is 0.882. The second-order valence-corrected chi connectivity index (χ2v) is 6.85. The SMILES string of the molecule is CN1CCN(C(=O)c2ccc(NC(=O)CCc3cccc(F)c3)cc2)CC1. The van der Waals surface area contributed by atoms with Crippen LogP contribution in [-0.2, 0) is 11.2 Å². The maximum atomic E-state index is 13.2. The van der Waals surface area contributed by atoms with Gasteiger partial charge in [-0.05, 0) is 55.4 Å². The number of hydrogen-bond donors (Lipinski definition) is 1. The Morgan fingerprint density at radius 1 is 1.04 bits per heavy atom. The first-order valence-electron chi connectivity index (χ1n) is 9.13. The van der Waals surface area contributed by atoms with Crippen molar-refractivity contribution in [1.29, 1.82) is 0 Å². The third-order valence-electron chi connectivity index (χ3n) is 4.74. The molecule has 1 saturated heterocycles. The number of carbonyl (C=O) groups is 2. The molecule has 1 fully saturated rings. The lowest BCUT2D eigenvalue weighted by molar-refractivity contribution is -0.116. The summed E-state index contributed by atoms with van der Waals surface area (Å²) < 4.78 is 13.2. The Balaban J connectivity index is 1.51. The molecule has 27 heavy (non-hydrogen) atoms. The van der Waals surface area contributed by atoms with Gasteiger partial charge in [-0.1, -0.05) is 12.1 Å². The number of hydrogen-bond acceptors (Lipinski definition) is 3. The van der Waals surface area contributed by atoms with Crippen molar-refractivity contribution in [3.05, 3.63) is 65.5 Å². The van der Waals surface area contributed by atoms with E-state index in [1.165, 1.54) is 12.1 Å². The van der Waals surface area contributed by atoms with Gasteiger partial charge in [0.25, 0.3) is 5.91 Å². The maximum Gasteiger partial charge on any atom is 0.253 e. The van der Waals surface area contributed by atoms with Crippen molar-refractivity contribution in [3.63, 3.8) is 0 Å². The number of rotatable bonds is 5. The van der Waals surface area contributed by atoms with Gasteiger partial charge >= 0.3 is 0 Å². The summed E-state index contributed by atoms with van der Waals surface area (Å²) in [5, 5.41) is 2.81. The number of halogens is 1. The van der Waals surface area contributed by atoms with Gasteiger partial charge < -0.3 is 15.1 Å². The molecule has 0 aliphatic carbocycles. The van der Waals surface area contributed by atoms with E-state index >= 15 is 0 Å². The van der Waals surface area contributed by atoms with Crippen LogP contribution < -0.4 is 5.32 Å². The molecule has 0 radical (unpaired) electrons. The van der Waals surface area contributed by atoms with E-state index in [0.717, 1.165) is 31.7 Å². The minimum absolute atomic E-state index is 0.0204. The predicted octanol–water partition coefficient (Wildman–Crippen LogP) is 2.78. The van der Waals surface area contributed by atoms with E-state index in [9.17, 15) is 14.0 Å². The average Bonchev–Trinajstić information content (AvgIpc) is 2.67. The van der Waals surface area contributed by atoms with Crippen LogP contribution in [0.4, 0.5) is 10.1 Å². The highest BCUT2D eigenvalue weighted by Crippen LogP contribution is 2.14. The fourth-order valence-corrected chi connectivity index (χ4v) is 3.06. The lowest BCUT2D eigenvalue weighted by atomic mass is 10.1. The first-order valence-corrected chi connectivity index (χ1v) is 9.13. The second kappa shape index (κ2) is 8.77. The minimum atomic E-state index is -0.298. The summed E-state index contributed by atoms with van der Waals surface area (Å²) in [6.45, 7) is 3.22. The lowest BCUT2D eigenvalue weighted by Gasteiger charge is -2.32. The van der Waals surface area contributed by atoms with Crippen molar-refractivity contribution in [1.82, 2.24) is 9.80 Å². The average molecular weight is 369 g/mol. The number of carbonyl (C=O) groups excluding carboxylic acids is 2. The summed E-state index contributed by atoms with van der Waals surface area (Å²) in [5.41, 5.74) is 2.06. The van der Waals surface area contributed by atoms with E-state index in [2.05, 4.69) is 10.2 Å². The summed E-state index contributed by atoms with van der Waals surface area (Å²) in [6.07, 6.45) is 0.745.